The molecule has 0 aliphatic carbocycles. The lowest BCUT2D eigenvalue weighted by atomic mass is 9.85. The molecule has 5 aromatic heterocycles. The zero-order valence-electron chi connectivity index (χ0n) is 77.8. The minimum absolute atomic E-state index is 0.189. The molecule has 0 saturated heterocycles. The highest BCUT2D eigenvalue weighted by Gasteiger charge is 2.22. The number of aromatic nitrogens is 6. The monoisotopic (exact) mass is 1550 g/mol. The van der Waals surface area contributed by atoms with Crippen LogP contribution in [-0.2, 0) is 0 Å². The fourth-order valence-corrected chi connectivity index (χ4v) is 16.3. The van der Waals surface area contributed by atoms with Gasteiger partial charge < -0.3 is 0 Å². The summed E-state index contributed by atoms with van der Waals surface area (Å²) in [6.45, 7) is -4.78. The Morgan fingerprint density at radius 3 is 0.558 bits per heavy atom. The molecule has 14 aromatic carbocycles. The largest absolute Gasteiger partial charge is 0.256 e. The molecule has 0 saturated carbocycles. The Kier molecular flexibility index (Phi) is 17.0. The number of hydrogen-bond donors (Lipinski definition) is 0. The van der Waals surface area contributed by atoms with E-state index in [-0.39, 0.29) is 22.3 Å². The first-order valence-corrected chi connectivity index (χ1v) is 39.9. The molecular formula is C114H84N6. The quantitative estimate of drug-likeness (QED) is 0.0852. The van der Waals surface area contributed by atoms with Crippen molar-refractivity contribution in [2.45, 2.75) is 41.3 Å². The van der Waals surface area contributed by atoms with Crippen molar-refractivity contribution in [2.24, 2.45) is 0 Å². The molecule has 0 fully saturated rings. The molecule has 0 spiro atoms. The summed E-state index contributed by atoms with van der Waals surface area (Å²) in [5.74, 6) is 0. The number of hydrogen-bond acceptors (Lipinski definition) is 6. The molecule has 6 heteroatoms. The summed E-state index contributed by atoms with van der Waals surface area (Å²) >= 11 is 0. The van der Waals surface area contributed by atoms with Gasteiger partial charge in [0.1, 0.15) is 6.33 Å². The highest BCUT2D eigenvalue weighted by molar-refractivity contribution is 5.98. The van der Waals surface area contributed by atoms with Crippen molar-refractivity contribution >= 4 is 0 Å². The fraction of sp³-hybridized carbons (Fsp3) is 0.0526. The van der Waals surface area contributed by atoms with Crippen LogP contribution in [0.3, 0.4) is 0 Å². The minimum atomic E-state index is -2.26. The van der Waals surface area contributed by atoms with E-state index in [9.17, 15) is 0 Å². The van der Waals surface area contributed by atoms with Crippen molar-refractivity contribution in [1.29, 1.82) is 0 Å². The average Bonchev–Trinajstić information content (AvgIpc) is 0.766. The van der Waals surface area contributed by atoms with Crippen LogP contribution in [0.15, 0.2) is 401 Å². The average molecular weight is 1550 g/mol. The lowest BCUT2D eigenvalue weighted by Crippen LogP contribution is -1.93. The molecule has 19 aromatic rings. The van der Waals surface area contributed by atoms with Gasteiger partial charge in [-0.25, -0.2) is 9.97 Å². The molecule has 0 N–H and O–H groups in total. The fourth-order valence-electron chi connectivity index (χ4n) is 16.3. The highest BCUT2D eigenvalue weighted by Crippen LogP contribution is 2.47. The third-order valence-corrected chi connectivity index (χ3v) is 22.5. The normalized spacial score (nSPS) is 13.2. The van der Waals surface area contributed by atoms with E-state index in [1.54, 1.807) is 54.9 Å². The van der Waals surface area contributed by atoms with Crippen LogP contribution in [0.25, 0.3) is 201 Å². The molecule has 0 unspecified atom stereocenters. The highest BCUT2D eigenvalue weighted by atomic mass is 14.8. The van der Waals surface area contributed by atoms with Gasteiger partial charge in [0.05, 0.1) is 34.2 Å². The zero-order valence-corrected chi connectivity index (χ0v) is 65.8. The predicted octanol–water partition coefficient (Wildman–Crippen LogP) is 29.9. The Balaban J connectivity index is 0.648. The SMILES string of the molecule is [2H]C([2H])([2H])c1ccc(-c2ccc(-c3ccccc3-c3cc(-c4ccccc4-c4ccc(-c5ccc(C([2H])([2H])[2H])cn5)cc4)cc(-c4cc(C)ccc4-c4ccc(-c5cc(-c6ccc(-c7ccc(C)cc7-c7cc(-c8ccccc8-c8ccc(-c9ccc(C([2H])([2H])[2H])cn9)cc8)cc(-c8ccccc8-c8ccc(-c9ccc(C([2H])([2H])[2H])cn9)cc8)c7)cc6)ncn5)cc4)c3)cc2)nc1. The van der Waals surface area contributed by atoms with Crippen LogP contribution in [0.1, 0.15) is 49.8 Å². The Morgan fingerprint density at radius 1 is 0.150 bits per heavy atom. The van der Waals surface area contributed by atoms with Gasteiger partial charge >= 0.3 is 0 Å². The van der Waals surface area contributed by atoms with E-state index in [0.717, 1.165) is 189 Å². The van der Waals surface area contributed by atoms with Crippen LogP contribution >= 0.6 is 0 Å². The van der Waals surface area contributed by atoms with E-state index in [1.807, 2.05) is 54.6 Å². The van der Waals surface area contributed by atoms with Crippen LogP contribution in [0.5, 0.6) is 0 Å². The molecule has 5 heterocycles. The number of rotatable bonds is 18. The lowest BCUT2D eigenvalue weighted by molar-refractivity contribution is 1.18. The van der Waals surface area contributed by atoms with Gasteiger partial charge in [-0.2, -0.15) is 0 Å². The van der Waals surface area contributed by atoms with E-state index in [2.05, 4.69) is 301 Å². The van der Waals surface area contributed by atoms with E-state index < -0.39 is 27.4 Å². The number of aryl methyl sites for hydroxylation is 6. The summed E-state index contributed by atoms with van der Waals surface area (Å²) in [6.07, 6.45) is 7.35. The Morgan fingerprint density at radius 2 is 0.342 bits per heavy atom. The maximum Gasteiger partial charge on any atom is 0.116 e. The molecule has 6 nitrogen and oxygen atoms in total. The minimum Gasteiger partial charge on any atom is -0.256 e. The van der Waals surface area contributed by atoms with E-state index in [0.29, 0.717) is 22.8 Å². The molecule has 570 valence electrons. The summed E-state index contributed by atoms with van der Waals surface area (Å²) < 4.78 is 94.9. The van der Waals surface area contributed by atoms with Gasteiger partial charge in [0.15, 0.2) is 0 Å². The lowest BCUT2D eigenvalue weighted by Gasteiger charge is -2.18. The van der Waals surface area contributed by atoms with Crippen LogP contribution in [-0.4, -0.2) is 29.9 Å². The van der Waals surface area contributed by atoms with Crippen LogP contribution < -0.4 is 0 Å². The van der Waals surface area contributed by atoms with Gasteiger partial charge in [0.25, 0.3) is 0 Å². The van der Waals surface area contributed by atoms with Crippen LogP contribution in [0, 0.1) is 41.3 Å². The molecule has 120 heavy (non-hydrogen) atoms. The van der Waals surface area contributed by atoms with E-state index in [4.69, 9.17) is 26.4 Å². The molecule has 0 aliphatic rings. The maximum atomic E-state index is 7.91. The summed E-state index contributed by atoms with van der Waals surface area (Å²) in [5.41, 5.74) is 37.0. The molecule has 0 radical (unpaired) electrons. The van der Waals surface area contributed by atoms with Crippen LogP contribution in [0.4, 0.5) is 0 Å². The van der Waals surface area contributed by atoms with Crippen LogP contribution in [0.2, 0.25) is 0 Å². The van der Waals surface area contributed by atoms with Crippen molar-refractivity contribution in [1.82, 2.24) is 29.9 Å². The molecule has 0 atom stereocenters. The summed E-state index contributed by atoms with van der Waals surface area (Å²) in [4.78, 5) is 28.0. The first kappa shape index (κ1) is 62.1. The summed E-state index contributed by atoms with van der Waals surface area (Å²) in [7, 11) is 0. The Hall–Kier alpha value is -15.2. The first-order valence-electron chi connectivity index (χ1n) is 45.9. The molecule has 0 amide bonds. The predicted molar refractivity (Wildman–Crippen MR) is 499 cm³/mol. The molecule has 0 aliphatic heterocycles. The van der Waals surface area contributed by atoms with Gasteiger partial charge in [-0.05, 0) is 264 Å². The second-order valence-electron chi connectivity index (χ2n) is 30.4. The summed E-state index contributed by atoms with van der Waals surface area (Å²) in [6, 6.07) is 127. The van der Waals surface area contributed by atoms with Gasteiger partial charge in [-0.3, -0.25) is 19.9 Å². The van der Waals surface area contributed by atoms with Crippen molar-refractivity contribution < 1.29 is 16.4 Å². The third-order valence-electron chi connectivity index (χ3n) is 22.5. The topological polar surface area (TPSA) is 77.3 Å². The summed E-state index contributed by atoms with van der Waals surface area (Å²) in [5, 5.41) is 0. The standard InChI is InChI=1S/C114H84N6/c1-73-23-53-105(107(59-73)95-63-91(101-19-11-7-15-97(101)79-29-41-85(42-30-79)109-55-25-75(3)68-115-109)61-92(64-95)102-20-12-8-16-98(102)80-31-43-86(44-32-80)110-56-26-76(4)69-116-110)83-37-49-89(50-38-83)113-67-114(120-72-119-113)90-51-39-84(40-52-90)106-54-24-74(2)60-108(106)96-65-93(103-21-13-9-17-99(103)81-33-45-87(46-34-81)111-57-27-77(5)70-117-111)62-94(66-96)104-22-14-10-18-100(104)82-35-47-88(48-36-82)112-58-28-78(6)71-118-112/h7-72H,1-6H3/i3D3,4D3,5D3,6D3. The van der Waals surface area contributed by atoms with Crippen molar-refractivity contribution in [3.05, 3.63) is 435 Å². The maximum absolute atomic E-state index is 7.91. The van der Waals surface area contributed by atoms with E-state index in [1.165, 1.54) is 24.8 Å². The number of benzene rings is 14. The number of pyridine rings is 4. The molecule has 19 rings (SSSR count). The van der Waals surface area contributed by atoms with Gasteiger partial charge in [-0.15, -0.1) is 0 Å². The molecule has 0 bridgehead atoms. The second kappa shape index (κ2) is 32.8. The molecular weight excluding hydrogens is 1450 g/mol. The number of nitrogens with zero attached hydrogens (tertiary/aromatic N) is 6. The smallest absolute Gasteiger partial charge is 0.116 e. The van der Waals surface area contributed by atoms with Crippen molar-refractivity contribution in [3.8, 4) is 201 Å². The van der Waals surface area contributed by atoms with Gasteiger partial charge in [0, 0.05) is 74.6 Å². The van der Waals surface area contributed by atoms with Crippen molar-refractivity contribution in [2.75, 3.05) is 0 Å². The first-order chi connectivity index (χ1) is 63.7. The zero-order chi connectivity index (χ0) is 91.2. The Labute approximate surface area is 719 Å². The van der Waals surface area contributed by atoms with Gasteiger partial charge in [-0.1, -0.05) is 314 Å². The van der Waals surface area contributed by atoms with E-state index >= 15 is 0 Å². The van der Waals surface area contributed by atoms with Gasteiger partial charge in [0.2, 0.25) is 0 Å². The van der Waals surface area contributed by atoms with Crippen molar-refractivity contribution in [3.63, 3.8) is 0 Å². The third kappa shape index (κ3) is 15.6. The second-order valence-corrected chi connectivity index (χ2v) is 30.4. The Bertz CT molecular complexity index is 6720.